The van der Waals surface area contributed by atoms with Crippen molar-refractivity contribution in [2.45, 2.75) is 19.8 Å². The molecule has 3 aromatic rings. The number of benzene rings is 1. The van der Waals surface area contributed by atoms with Crippen molar-refractivity contribution in [3.8, 4) is 0 Å². The van der Waals surface area contributed by atoms with Gasteiger partial charge in [-0.15, -0.1) is 0 Å². The van der Waals surface area contributed by atoms with Crippen LogP contribution in [-0.4, -0.2) is 25.8 Å². The maximum absolute atomic E-state index is 12.4. The first-order chi connectivity index (χ1) is 10.6. The summed E-state index contributed by atoms with van der Waals surface area (Å²) in [5, 5.41) is 3.51. The molecule has 2 aromatic heterocycles. The lowest BCUT2D eigenvalue weighted by Gasteiger charge is -2.07. The Morgan fingerprint density at radius 3 is 2.59 bits per heavy atom. The van der Waals surface area contributed by atoms with Gasteiger partial charge in [-0.2, -0.15) is 0 Å². The molecule has 1 N–H and O–H groups in total. The molecule has 0 aliphatic heterocycles. The van der Waals surface area contributed by atoms with Crippen LogP contribution in [0, 0.1) is 0 Å². The van der Waals surface area contributed by atoms with Crippen molar-refractivity contribution in [3.63, 3.8) is 0 Å². The van der Waals surface area contributed by atoms with Gasteiger partial charge in [0, 0.05) is 24.0 Å². The molecular formula is C16H15N5O. The quantitative estimate of drug-likeness (QED) is 0.803. The number of nitrogens with zero attached hydrogens (tertiary/aromatic N) is 4. The Kier molecular flexibility index (Phi) is 3.74. The Morgan fingerprint density at radius 2 is 1.86 bits per heavy atom. The molecule has 3 rings (SSSR count). The molecule has 1 aromatic carbocycles. The van der Waals surface area contributed by atoms with Crippen molar-refractivity contribution in [2.75, 3.05) is 5.32 Å². The second-order valence-electron chi connectivity index (χ2n) is 5.21. The normalized spacial score (nSPS) is 10.9. The van der Waals surface area contributed by atoms with Gasteiger partial charge in [-0.25, -0.2) is 19.9 Å². The van der Waals surface area contributed by atoms with E-state index in [2.05, 4.69) is 39.1 Å². The van der Waals surface area contributed by atoms with E-state index in [4.69, 9.17) is 0 Å². The number of anilines is 1. The summed E-state index contributed by atoms with van der Waals surface area (Å²) in [6, 6.07) is 5.37. The molecule has 0 aliphatic carbocycles. The predicted octanol–water partition coefficient (Wildman–Crippen LogP) is 2.80. The van der Waals surface area contributed by atoms with Gasteiger partial charge in [0.05, 0.1) is 11.1 Å². The summed E-state index contributed by atoms with van der Waals surface area (Å²) in [5.74, 6) is 0.335. The van der Waals surface area contributed by atoms with Crippen molar-refractivity contribution < 1.29 is 4.79 Å². The molecule has 0 saturated carbocycles. The molecule has 0 radical (unpaired) electrons. The Hall–Kier alpha value is -2.89. The topological polar surface area (TPSA) is 80.7 Å². The summed E-state index contributed by atoms with van der Waals surface area (Å²) in [7, 11) is 0. The smallest absolute Gasteiger partial charge is 0.260 e. The van der Waals surface area contributed by atoms with Crippen LogP contribution in [0.25, 0.3) is 10.9 Å². The van der Waals surface area contributed by atoms with Crippen LogP contribution in [0.2, 0.25) is 0 Å². The van der Waals surface area contributed by atoms with Gasteiger partial charge in [-0.1, -0.05) is 26.0 Å². The highest BCUT2D eigenvalue weighted by Crippen LogP contribution is 2.16. The van der Waals surface area contributed by atoms with Crippen LogP contribution in [0.15, 0.2) is 43.1 Å². The summed E-state index contributed by atoms with van der Waals surface area (Å²) in [4.78, 5) is 28.9. The highest BCUT2D eigenvalue weighted by molar-refractivity contribution is 6.11. The minimum Gasteiger partial charge on any atom is -0.290 e. The summed E-state index contributed by atoms with van der Waals surface area (Å²) in [6.07, 6.45) is 6.54. The SMILES string of the molecule is CC(C)c1cnc(NC(=O)c2cccc3cncnc23)nc1. The second kappa shape index (κ2) is 5.85. The Balaban J connectivity index is 1.87. The van der Waals surface area contributed by atoms with E-state index in [9.17, 15) is 4.79 Å². The summed E-state index contributed by atoms with van der Waals surface area (Å²) in [6.45, 7) is 4.12. The van der Waals surface area contributed by atoms with Crippen LogP contribution in [-0.2, 0) is 0 Å². The molecule has 2 heterocycles. The van der Waals surface area contributed by atoms with E-state index in [0.717, 1.165) is 10.9 Å². The van der Waals surface area contributed by atoms with Gasteiger partial charge < -0.3 is 0 Å². The van der Waals surface area contributed by atoms with Crippen molar-refractivity contribution in [2.24, 2.45) is 0 Å². The van der Waals surface area contributed by atoms with Crippen molar-refractivity contribution in [3.05, 3.63) is 54.2 Å². The zero-order valence-corrected chi connectivity index (χ0v) is 12.3. The van der Waals surface area contributed by atoms with Crippen molar-refractivity contribution in [1.29, 1.82) is 0 Å². The number of hydrogen-bond donors (Lipinski definition) is 1. The van der Waals surface area contributed by atoms with E-state index in [-0.39, 0.29) is 11.9 Å². The number of nitrogens with one attached hydrogen (secondary N) is 1. The number of para-hydroxylation sites is 1. The standard InChI is InChI=1S/C16H15N5O/c1-10(2)12-7-18-16(19-8-12)21-15(22)13-5-3-4-11-6-17-9-20-14(11)13/h3-10H,1-2H3,(H,18,19,21,22). The maximum atomic E-state index is 12.4. The monoisotopic (exact) mass is 293 g/mol. The molecule has 0 atom stereocenters. The average molecular weight is 293 g/mol. The van der Waals surface area contributed by atoms with E-state index >= 15 is 0 Å². The fourth-order valence-electron chi connectivity index (χ4n) is 2.07. The number of carbonyl (C=O) groups is 1. The molecule has 0 bridgehead atoms. The number of aromatic nitrogens is 4. The van der Waals surface area contributed by atoms with E-state index < -0.39 is 0 Å². The van der Waals surface area contributed by atoms with Gasteiger partial charge in [0.15, 0.2) is 0 Å². The molecule has 6 heteroatoms. The third kappa shape index (κ3) is 2.76. The molecule has 22 heavy (non-hydrogen) atoms. The molecule has 0 spiro atoms. The number of hydrogen-bond acceptors (Lipinski definition) is 5. The number of fused-ring (bicyclic) bond motifs is 1. The summed E-state index contributed by atoms with van der Waals surface area (Å²) >= 11 is 0. The lowest BCUT2D eigenvalue weighted by molar-refractivity contribution is 0.102. The highest BCUT2D eigenvalue weighted by Gasteiger charge is 2.12. The second-order valence-corrected chi connectivity index (χ2v) is 5.21. The fourth-order valence-corrected chi connectivity index (χ4v) is 2.07. The van der Waals surface area contributed by atoms with Gasteiger partial charge in [-0.05, 0) is 17.5 Å². The van der Waals surface area contributed by atoms with Gasteiger partial charge >= 0.3 is 0 Å². The van der Waals surface area contributed by atoms with Crippen molar-refractivity contribution >= 4 is 22.8 Å². The van der Waals surface area contributed by atoms with Gasteiger partial charge in [0.1, 0.15) is 6.33 Å². The van der Waals surface area contributed by atoms with Crippen LogP contribution in [0.3, 0.4) is 0 Å². The lowest BCUT2D eigenvalue weighted by atomic mass is 10.1. The van der Waals surface area contributed by atoms with Crippen LogP contribution in [0.1, 0.15) is 35.7 Å². The van der Waals surface area contributed by atoms with E-state index in [0.29, 0.717) is 17.0 Å². The first kappa shape index (κ1) is 14.1. The molecule has 0 unspecified atom stereocenters. The van der Waals surface area contributed by atoms with Crippen molar-refractivity contribution in [1.82, 2.24) is 19.9 Å². The zero-order valence-electron chi connectivity index (χ0n) is 12.3. The van der Waals surface area contributed by atoms with Crippen LogP contribution in [0.4, 0.5) is 5.95 Å². The first-order valence-corrected chi connectivity index (χ1v) is 6.97. The Labute approximate surface area is 127 Å². The number of rotatable bonds is 3. The molecule has 0 saturated heterocycles. The minimum absolute atomic E-state index is 0.278. The van der Waals surface area contributed by atoms with Crippen LogP contribution in [0.5, 0.6) is 0 Å². The predicted molar refractivity (Wildman–Crippen MR) is 83.6 cm³/mol. The lowest BCUT2D eigenvalue weighted by Crippen LogP contribution is -2.15. The fraction of sp³-hybridized carbons (Fsp3) is 0.188. The zero-order chi connectivity index (χ0) is 15.5. The van der Waals surface area contributed by atoms with Gasteiger partial charge in [-0.3, -0.25) is 10.1 Å². The Bertz CT molecular complexity index is 809. The third-order valence-electron chi connectivity index (χ3n) is 3.34. The largest absolute Gasteiger partial charge is 0.290 e. The van der Waals surface area contributed by atoms with Gasteiger partial charge in [0.2, 0.25) is 5.95 Å². The Morgan fingerprint density at radius 1 is 1.09 bits per heavy atom. The number of carbonyl (C=O) groups excluding carboxylic acids is 1. The van der Waals surface area contributed by atoms with Crippen LogP contribution < -0.4 is 5.32 Å². The molecule has 0 aliphatic rings. The molecular weight excluding hydrogens is 278 g/mol. The minimum atomic E-state index is -0.290. The molecule has 0 fully saturated rings. The van der Waals surface area contributed by atoms with E-state index in [1.54, 1.807) is 30.7 Å². The highest BCUT2D eigenvalue weighted by atomic mass is 16.1. The molecule has 6 nitrogen and oxygen atoms in total. The van der Waals surface area contributed by atoms with E-state index in [1.165, 1.54) is 6.33 Å². The summed E-state index contributed by atoms with van der Waals surface area (Å²) in [5.41, 5.74) is 2.10. The number of amides is 1. The van der Waals surface area contributed by atoms with Gasteiger partial charge in [0.25, 0.3) is 5.91 Å². The van der Waals surface area contributed by atoms with E-state index in [1.807, 2.05) is 6.07 Å². The van der Waals surface area contributed by atoms with Crippen LogP contribution >= 0.6 is 0 Å². The summed E-state index contributed by atoms with van der Waals surface area (Å²) < 4.78 is 0. The third-order valence-corrected chi connectivity index (χ3v) is 3.34. The molecule has 1 amide bonds. The first-order valence-electron chi connectivity index (χ1n) is 6.97. The maximum Gasteiger partial charge on any atom is 0.260 e. The average Bonchev–Trinajstić information content (AvgIpc) is 2.54. The molecule has 110 valence electrons.